The van der Waals surface area contributed by atoms with Gasteiger partial charge < -0.3 is 19.0 Å². The van der Waals surface area contributed by atoms with Crippen LogP contribution in [0.15, 0.2) is 59.1 Å². The lowest BCUT2D eigenvalue weighted by atomic mass is 9.97. The molecule has 1 atom stereocenters. The Morgan fingerprint density at radius 2 is 1.87 bits per heavy atom. The number of H-pyrrole nitrogens is 1. The van der Waals surface area contributed by atoms with Crippen molar-refractivity contribution in [3.05, 3.63) is 60.3 Å². The van der Waals surface area contributed by atoms with Crippen molar-refractivity contribution >= 4 is 39.8 Å². The molecule has 4 aromatic rings. The number of fused-ring (bicyclic) bond motifs is 2. The van der Waals surface area contributed by atoms with Crippen molar-refractivity contribution in [3.8, 4) is 0 Å². The normalized spacial score (nSPS) is 16.0. The van der Waals surface area contributed by atoms with Gasteiger partial charge in [-0.1, -0.05) is 30.3 Å². The van der Waals surface area contributed by atoms with Crippen LogP contribution in [0.2, 0.25) is 0 Å². The number of Topliss-reactive ketones (excluding diaryl/α,β-unsaturated/α-hetero) is 1. The molecule has 31 heavy (non-hydrogen) atoms. The molecule has 5 rings (SSSR count). The number of carbonyl (C=O) groups is 2. The van der Waals surface area contributed by atoms with Gasteiger partial charge in [0, 0.05) is 35.8 Å². The van der Waals surface area contributed by atoms with Crippen LogP contribution in [0, 0.1) is 5.92 Å². The van der Waals surface area contributed by atoms with Crippen LogP contribution in [0.3, 0.4) is 0 Å². The summed E-state index contributed by atoms with van der Waals surface area (Å²) in [5.41, 5.74) is 3.00. The average Bonchev–Trinajstić information content (AvgIpc) is 3.43. The highest BCUT2D eigenvalue weighted by atomic mass is 16.5. The fraction of sp³-hybridized carbons (Fsp3) is 0.292. The van der Waals surface area contributed by atoms with Crippen LogP contribution in [0.5, 0.6) is 0 Å². The topological polar surface area (TPSA) is 88.4 Å². The van der Waals surface area contributed by atoms with Gasteiger partial charge in [0.2, 0.25) is 5.78 Å². The molecular weight excluding hydrogens is 394 g/mol. The minimum absolute atomic E-state index is 0.199. The Morgan fingerprint density at radius 1 is 1.13 bits per heavy atom. The summed E-state index contributed by atoms with van der Waals surface area (Å²) in [4.78, 5) is 35.2. The lowest BCUT2D eigenvalue weighted by Gasteiger charge is -2.30. The number of hydrogen-bond acceptors (Lipinski definition) is 6. The summed E-state index contributed by atoms with van der Waals surface area (Å²) in [5, 5.41) is 0.835. The lowest BCUT2D eigenvalue weighted by molar-refractivity contribution is -0.152. The molecule has 7 heteroatoms. The van der Waals surface area contributed by atoms with E-state index in [0.29, 0.717) is 37.5 Å². The second kappa shape index (κ2) is 7.91. The van der Waals surface area contributed by atoms with Crippen molar-refractivity contribution in [1.82, 2.24) is 9.97 Å². The molecule has 1 fully saturated rings. The predicted molar refractivity (Wildman–Crippen MR) is 117 cm³/mol. The number of piperidine rings is 1. The Morgan fingerprint density at radius 3 is 2.68 bits per heavy atom. The summed E-state index contributed by atoms with van der Waals surface area (Å²) in [7, 11) is 0. The highest BCUT2D eigenvalue weighted by Crippen LogP contribution is 2.27. The van der Waals surface area contributed by atoms with Crippen molar-refractivity contribution in [3.63, 3.8) is 0 Å². The maximum absolute atomic E-state index is 12.8. The summed E-state index contributed by atoms with van der Waals surface area (Å²) in [6, 6.07) is 15.8. The molecule has 1 saturated heterocycles. The van der Waals surface area contributed by atoms with Gasteiger partial charge in [0.1, 0.15) is 5.52 Å². The van der Waals surface area contributed by atoms with Gasteiger partial charge in [-0.3, -0.25) is 9.59 Å². The van der Waals surface area contributed by atoms with Gasteiger partial charge in [0.05, 0.1) is 5.92 Å². The van der Waals surface area contributed by atoms with E-state index in [4.69, 9.17) is 9.15 Å². The van der Waals surface area contributed by atoms with E-state index in [2.05, 4.69) is 9.97 Å². The number of nitrogens with zero attached hydrogens (tertiary/aromatic N) is 2. The van der Waals surface area contributed by atoms with Crippen LogP contribution < -0.4 is 4.90 Å². The standard InChI is InChI=1S/C24H23N3O4/c1-15(22(28)18-14-25-19-7-3-2-6-17(18)19)30-23(29)16-10-12-27(13-11-16)24-26-20-8-4-5-9-21(20)31-24/h2-9,14-16,25H,10-13H2,1H3. The van der Waals surface area contributed by atoms with E-state index in [9.17, 15) is 9.59 Å². The van der Waals surface area contributed by atoms with E-state index in [1.54, 1.807) is 13.1 Å². The molecule has 2 aromatic heterocycles. The van der Waals surface area contributed by atoms with E-state index < -0.39 is 6.10 Å². The van der Waals surface area contributed by atoms with E-state index >= 15 is 0 Å². The maximum atomic E-state index is 12.8. The van der Waals surface area contributed by atoms with Crippen LogP contribution in [-0.2, 0) is 9.53 Å². The Hall–Kier alpha value is -3.61. The second-order valence-electron chi connectivity index (χ2n) is 7.92. The van der Waals surface area contributed by atoms with Gasteiger partial charge in [0.25, 0.3) is 6.01 Å². The monoisotopic (exact) mass is 417 g/mol. The van der Waals surface area contributed by atoms with Crippen molar-refractivity contribution in [2.24, 2.45) is 5.92 Å². The molecule has 1 N–H and O–H groups in total. The summed E-state index contributed by atoms with van der Waals surface area (Å²) < 4.78 is 11.4. The van der Waals surface area contributed by atoms with Gasteiger partial charge in [0.15, 0.2) is 11.7 Å². The van der Waals surface area contributed by atoms with Gasteiger partial charge >= 0.3 is 5.97 Å². The minimum atomic E-state index is -0.832. The molecule has 0 amide bonds. The third-order valence-electron chi connectivity index (χ3n) is 5.90. The third-order valence-corrected chi connectivity index (χ3v) is 5.90. The van der Waals surface area contributed by atoms with Crippen LogP contribution >= 0.6 is 0 Å². The van der Waals surface area contributed by atoms with Crippen LogP contribution in [0.1, 0.15) is 30.1 Å². The highest BCUT2D eigenvalue weighted by Gasteiger charge is 2.31. The zero-order valence-corrected chi connectivity index (χ0v) is 17.2. The Kier molecular flexibility index (Phi) is 4.94. The molecule has 0 spiro atoms. The average molecular weight is 417 g/mol. The van der Waals surface area contributed by atoms with Gasteiger partial charge in [-0.05, 0) is 38.0 Å². The van der Waals surface area contributed by atoms with Crippen LogP contribution in [0.4, 0.5) is 6.01 Å². The van der Waals surface area contributed by atoms with Crippen molar-refractivity contribution in [2.45, 2.75) is 25.9 Å². The quantitative estimate of drug-likeness (QED) is 0.384. The Bertz CT molecular complexity index is 1220. The molecule has 2 aromatic carbocycles. The number of aromatic nitrogens is 2. The second-order valence-corrected chi connectivity index (χ2v) is 7.92. The van der Waals surface area contributed by atoms with Gasteiger partial charge in [-0.15, -0.1) is 0 Å². The molecule has 1 unspecified atom stereocenters. The fourth-order valence-corrected chi connectivity index (χ4v) is 4.12. The largest absolute Gasteiger partial charge is 0.454 e. The summed E-state index contributed by atoms with van der Waals surface area (Å²) in [6.07, 6.45) is 2.11. The van der Waals surface area contributed by atoms with Crippen molar-refractivity contribution in [1.29, 1.82) is 0 Å². The molecule has 0 aliphatic carbocycles. The number of ether oxygens (including phenoxy) is 1. The van der Waals surface area contributed by atoms with E-state index in [-0.39, 0.29) is 17.7 Å². The number of carbonyl (C=O) groups excluding carboxylic acids is 2. The summed E-state index contributed by atoms with van der Waals surface area (Å²) in [6.45, 7) is 2.93. The third kappa shape index (κ3) is 3.67. The SMILES string of the molecule is CC(OC(=O)C1CCN(c2nc3ccccc3o2)CC1)C(=O)c1c[nH]c2ccccc12. The summed E-state index contributed by atoms with van der Waals surface area (Å²) >= 11 is 0. The first kappa shape index (κ1) is 19.4. The number of ketones is 1. The highest BCUT2D eigenvalue weighted by molar-refractivity contribution is 6.10. The molecule has 7 nitrogen and oxygen atoms in total. The van der Waals surface area contributed by atoms with Crippen molar-refractivity contribution in [2.75, 3.05) is 18.0 Å². The smallest absolute Gasteiger partial charge is 0.309 e. The fourth-order valence-electron chi connectivity index (χ4n) is 4.12. The molecule has 1 aliphatic heterocycles. The lowest BCUT2D eigenvalue weighted by Crippen LogP contribution is -2.38. The first-order chi connectivity index (χ1) is 15.1. The van der Waals surface area contributed by atoms with Crippen molar-refractivity contribution < 1.29 is 18.7 Å². The predicted octanol–water partition coefficient (Wildman–Crippen LogP) is 4.34. The molecule has 3 heterocycles. The van der Waals surface area contributed by atoms with E-state index in [0.717, 1.165) is 22.0 Å². The number of rotatable bonds is 5. The number of esters is 1. The molecular formula is C24H23N3O4. The molecule has 0 radical (unpaired) electrons. The minimum Gasteiger partial charge on any atom is -0.454 e. The van der Waals surface area contributed by atoms with Gasteiger partial charge in [-0.25, -0.2) is 0 Å². The molecule has 0 saturated carbocycles. The number of nitrogens with one attached hydrogen (secondary N) is 1. The maximum Gasteiger partial charge on any atom is 0.309 e. The van der Waals surface area contributed by atoms with Crippen LogP contribution in [-0.4, -0.2) is 40.9 Å². The molecule has 158 valence electrons. The summed E-state index contributed by atoms with van der Waals surface area (Å²) in [5.74, 6) is -0.758. The molecule has 1 aliphatic rings. The van der Waals surface area contributed by atoms with E-state index in [1.165, 1.54) is 0 Å². The zero-order valence-electron chi connectivity index (χ0n) is 17.2. The molecule has 0 bridgehead atoms. The number of hydrogen-bond donors (Lipinski definition) is 1. The first-order valence-corrected chi connectivity index (χ1v) is 10.5. The number of benzene rings is 2. The number of aromatic amines is 1. The Labute approximate surface area is 179 Å². The zero-order chi connectivity index (χ0) is 21.4. The van der Waals surface area contributed by atoms with Gasteiger partial charge in [-0.2, -0.15) is 4.98 Å². The number of para-hydroxylation sites is 3. The number of anilines is 1. The van der Waals surface area contributed by atoms with E-state index in [1.807, 2.05) is 53.4 Å². The first-order valence-electron chi connectivity index (χ1n) is 10.5. The number of oxazole rings is 1. The van der Waals surface area contributed by atoms with Crippen LogP contribution in [0.25, 0.3) is 22.0 Å². The Balaban J connectivity index is 1.20.